The lowest BCUT2D eigenvalue weighted by Gasteiger charge is -2.16. The minimum atomic E-state index is -0.103. The number of halogens is 1. The first kappa shape index (κ1) is 13.8. The van der Waals surface area contributed by atoms with E-state index in [1.807, 2.05) is 18.2 Å². The topological polar surface area (TPSA) is 69.8 Å². The molecule has 1 unspecified atom stereocenters. The number of hydrogen-bond donors (Lipinski definition) is 3. The van der Waals surface area contributed by atoms with Gasteiger partial charge < -0.3 is 10.6 Å². The molecule has 1 aromatic carbocycles. The van der Waals surface area contributed by atoms with Gasteiger partial charge in [0.25, 0.3) is 5.91 Å². The van der Waals surface area contributed by atoms with Crippen LogP contribution in [0.4, 0.5) is 0 Å². The van der Waals surface area contributed by atoms with E-state index in [0.717, 1.165) is 42.1 Å². The van der Waals surface area contributed by atoms with Gasteiger partial charge in [0, 0.05) is 35.8 Å². The van der Waals surface area contributed by atoms with Crippen molar-refractivity contribution in [3.8, 4) is 0 Å². The highest BCUT2D eigenvalue weighted by Gasteiger charge is 2.27. The predicted molar refractivity (Wildman–Crippen MR) is 84.0 cm³/mol. The highest BCUT2D eigenvalue weighted by atomic mass is 35.5. The van der Waals surface area contributed by atoms with Crippen molar-refractivity contribution >= 4 is 17.5 Å². The molecule has 1 atom stereocenters. The number of nitrogens with zero attached hydrogens (tertiary/aromatic N) is 1. The third-order valence-electron chi connectivity index (χ3n) is 4.51. The van der Waals surface area contributed by atoms with Crippen molar-refractivity contribution in [2.45, 2.75) is 31.8 Å². The quantitative estimate of drug-likeness (QED) is 0.795. The summed E-state index contributed by atoms with van der Waals surface area (Å²) in [5.41, 5.74) is 4.98. The zero-order valence-corrected chi connectivity index (χ0v) is 12.8. The van der Waals surface area contributed by atoms with Gasteiger partial charge in [-0.1, -0.05) is 17.7 Å². The van der Waals surface area contributed by atoms with E-state index >= 15 is 0 Å². The molecule has 4 rings (SSSR count). The van der Waals surface area contributed by atoms with Crippen LogP contribution in [0.15, 0.2) is 18.2 Å². The zero-order chi connectivity index (χ0) is 15.1. The molecule has 1 aliphatic heterocycles. The fraction of sp³-hybridized carbons (Fsp3) is 0.375. The number of aromatic nitrogens is 2. The van der Waals surface area contributed by atoms with Crippen molar-refractivity contribution in [1.82, 2.24) is 20.8 Å². The molecule has 1 amide bonds. The Morgan fingerprint density at radius 2 is 2.27 bits per heavy atom. The van der Waals surface area contributed by atoms with Crippen LogP contribution in [0, 0.1) is 0 Å². The molecule has 5 nitrogen and oxygen atoms in total. The molecule has 0 saturated heterocycles. The fourth-order valence-corrected chi connectivity index (χ4v) is 3.57. The van der Waals surface area contributed by atoms with Crippen LogP contribution in [-0.2, 0) is 19.4 Å². The second-order valence-electron chi connectivity index (χ2n) is 5.86. The molecule has 1 aromatic heterocycles. The number of nitrogens with one attached hydrogen (secondary N) is 3. The molecule has 0 saturated carbocycles. The summed E-state index contributed by atoms with van der Waals surface area (Å²) in [6.07, 6.45) is 2.74. The second-order valence-corrected chi connectivity index (χ2v) is 6.30. The molecule has 0 radical (unpaired) electrons. The molecular weight excluding hydrogens is 300 g/mol. The van der Waals surface area contributed by atoms with E-state index < -0.39 is 0 Å². The fourth-order valence-electron chi connectivity index (χ4n) is 3.38. The maximum atomic E-state index is 12.6. The molecule has 22 heavy (non-hydrogen) atoms. The van der Waals surface area contributed by atoms with Crippen LogP contribution < -0.4 is 10.6 Å². The summed E-state index contributed by atoms with van der Waals surface area (Å²) in [4.78, 5) is 12.6. The molecule has 2 aromatic rings. The van der Waals surface area contributed by atoms with Crippen LogP contribution in [0.3, 0.4) is 0 Å². The molecular formula is C16H17ClN4O. The third kappa shape index (κ3) is 2.30. The molecule has 0 bridgehead atoms. The van der Waals surface area contributed by atoms with E-state index in [1.165, 1.54) is 11.1 Å². The summed E-state index contributed by atoms with van der Waals surface area (Å²) in [6, 6.07) is 5.93. The number of H-pyrrole nitrogens is 1. The van der Waals surface area contributed by atoms with Crippen LogP contribution >= 0.6 is 11.6 Å². The number of amides is 1. The Morgan fingerprint density at radius 1 is 1.36 bits per heavy atom. The maximum Gasteiger partial charge on any atom is 0.272 e. The second kappa shape index (κ2) is 5.41. The first-order valence-electron chi connectivity index (χ1n) is 7.58. The van der Waals surface area contributed by atoms with Gasteiger partial charge in [0.1, 0.15) is 0 Å². The van der Waals surface area contributed by atoms with Gasteiger partial charge in [0.15, 0.2) is 5.69 Å². The summed E-state index contributed by atoms with van der Waals surface area (Å²) in [5, 5.41) is 14.3. The summed E-state index contributed by atoms with van der Waals surface area (Å²) in [6.45, 7) is 1.62. The molecule has 0 fully saturated rings. The first-order chi connectivity index (χ1) is 10.7. The molecule has 3 N–H and O–H groups in total. The lowest BCUT2D eigenvalue weighted by molar-refractivity contribution is 0.0930. The lowest BCUT2D eigenvalue weighted by Crippen LogP contribution is -2.30. The van der Waals surface area contributed by atoms with E-state index in [1.54, 1.807) is 0 Å². The highest BCUT2D eigenvalue weighted by molar-refractivity contribution is 6.30. The molecule has 0 spiro atoms. The number of fused-ring (bicyclic) bond motifs is 2. The van der Waals surface area contributed by atoms with Gasteiger partial charge in [-0.25, -0.2) is 0 Å². The Balaban J connectivity index is 1.55. The molecule has 1 aliphatic carbocycles. The Bertz CT molecular complexity index is 740. The zero-order valence-electron chi connectivity index (χ0n) is 12.1. The number of rotatable bonds is 2. The van der Waals surface area contributed by atoms with Crippen LogP contribution in [0.2, 0.25) is 5.02 Å². The summed E-state index contributed by atoms with van der Waals surface area (Å²) in [5.74, 6) is -0.103. The van der Waals surface area contributed by atoms with E-state index in [2.05, 4.69) is 20.8 Å². The average Bonchev–Trinajstić information content (AvgIpc) is 3.11. The van der Waals surface area contributed by atoms with Crippen LogP contribution in [-0.4, -0.2) is 22.6 Å². The number of carbonyl (C=O) groups excluding carboxylic acids is 1. The van der Waals surface area contributed by atoms with Gasteiger partial charge >= 0.3 is 0 Å². The standard InChI is InChI=1S/C16H17ClN4O/c17-10-2-3-11-9(7-10)1-4-13(11)19-16(22)15-12-8-18-6-5-14(12)20-21-15/h2-3,7,13,18H,1,4-6,8H2,(H,19,22)(H,20,21). The van der Waals surface area contributed by atoms with Crippen LogP contribution in [0.1, 0.15) is 45.3 Å². The van der Waals surface area contributed by atoms with Gasteiger partial charge in [-0.3, -0.25) is 9.89 Å². The molecule has 114 valence electrons. The van der Waals surface area contributed by atoms with E-state index in [4.69, 9.17) is 11.6 Å². The SMILES string of the molecule is O=C(NC1CCc2cc(Cl)ccc21)c1n[nH]c2c1CNCC2. The van der Waals surface area contributed by atoms with Crippen molar-refractivity contribution in [1.29, 1.82) is 0 Å². The van der Waals surface area contributed by atoms with E-state index in [9.17, 15) is 4.79 Å². The monoisotopic (exact) mass is 316 g/mol. The van der Waals surface area contributed by atoms with Crippen molar-refractivity contribution in [3.05, 3.63) is 51.3 Å². The minimum absolute atomic E-state index is 0.0451. The molecule has 2 aliphatic rings. The summed E-state index contributed by atoms with van der Waals surface area (Å²) >= 11 is 6.03. The molecule has 6 heteroatoms. The Hall–Kier alpha value is -1.85. The van der Waals surface area contributed by atoms with Crippen molar-refractivity contribution in [3.63, 3.8) is 0 Å². The van der Waals surface area contributed by atoms with Gasteiger partial charge in [-0.15, -0.1) is 0 Å². The summed E-state index contributed by atoms with van der Waals surface area (Å²) in [7, 11) is 0. The lowest BCUT2D eigenvalue weighted by atomic mass is 10.1. The van der Waals surface area contributed by atoms with Crippen molar-refractivity contribution in [2.75, 3.05) is 6.54 Å². The summed E-state index contributed by atoms with van der Waals surface area (Å²) < 4.78 is 0. The Morgan fingerprint density at radius 3 is 3.18 bits per heavy atom. The molecule has 2 heterocycles. The smallest absolute Gasteiger partial charge is 0.272 e. The number of aromatic amines is 1. The van der Waals surface area contributed by atoms with Crippen LogP contribution in [0.5, 0.6) is 0 Å². The number of carbonyl (C=O) groups is 1. The first-order valence-corrected chi connectivity index (χ1v) is 7.96. The Kier molecular flexibility index (Phi) is 3.39. The highest BCUT2D eigenvalue weighted by Crippen LogP contribution is 2.33. The van der Waals surface area contributed by atoms with E-state index in [-0.39, 0.29) is 11.9 Å². The van der Waals surface area contributed by atoms with E-state index in [0.29, 0.717) is 12.2 Å². The average molecular weight is 317 g/mol. The number of hydrogen-bond acceptors (Lipinski definition) is 3. The Labute approximate surface area is 133 Å². The van der Waals surface area contributed by atoms with Gasteiger partial charge in [-0.05, 0) is 36.1 Å². The van der Waals surface area contributed by atoms with Gasteiger partial charge in [0.05, 0.1) is 6.04 Å². The predicted octanol–water partition coefficient (Wildman–Crippen LogP) is 2.13. The largest absolute Gasteiger partial charge is 0.344 e. The van der Waals surface area contributed by atoms with Gasteiger partial charge in [0.2, 0.25) is 0 Å². The van der Waals surface area contributed by atoms with Crippen molar-refractivity contribution in [2.24, 2.45) is 0 Å². The maximum absolute atomic E-state index is 12.6. The number of benzene rings is 1. The van der Waals surface area contributed by atoms with Crippen molar-refractivity contribution < 1.29 is 4.79 Å². The minimum Gasteiger partial charge on any atom is -0.344 e. The number of aryl methyl sites for hydroxylation is 1. The third-order valence-corrected chi connectivity index (χ3v) is 4.74. The van der Waals surface area contributed by atoms with Gasteiger partial charge in [-0.2, -0.15) is 5.10 Å². The normalized spacial score (nSPS) is 19.6. The van der Waals surface area contributed by atoms with Crippen LogP contribution in [0.25, 0.3) is 0 Å².